The van der Waals surface area contributed by atoms with E-state index in [4.69, 9.17) is 9.84 Å². The molecule has 5 heteroatoms. The number of aliphatic hydroxyl groups is 1. The van der Waals surface area contributed by atoms with Gasteiger partial charge in [0.2, 0.25) is 0 Å². The Morgan fingerprint density at radius 2 is 2.17 bits per heavy atom. The standard InChI is InChI=1S/C13H21N3O2/c1-18-12-3-4-13(14-11-12)16-6-2-5-15(7-8-16)9-10-17/h3-4,11,17H,2,5-10H2,1H3. The number of anilines is 1. The lowest BCUT2D eigenvalue weighted by Gasteiger charge is -2.22. The van der Waals surface area contributed by atoms with Gasteiger partial charge in [0, 0.05) is 26.2 Å². The van der Waals surface area contributed by atoms with Gasteiger partial charge in [-0.1, -0.05) is 0 Å². The molecule has 0 amide bonds. The van der Waals surface area contributed by atoms with Gasteiger partial charge in [0.15, 0.2) is 0 Å². The molecule has 1 aliphatic rings. The molecule has 18 heavy (non-hydrogen) atoms. The summed E-state index contributed by atoms with van der Waals surface area (Å²) >= 11 is 0. The highest BCUT2D eigenvalue weighted by molar-refractivity contribution is 5.40. The fraction of sp³-hybridized carbons (Fsp3) is 0.615. The van der Waals surface area contributed by atoms with Gasteiger partial charge in [0.1, 0.15) is 11.6 Å². The first kappa shape index (κ1) is 13.1. The normalized spacial score (nSPS) is 17.6. The van der Waals surface area contributed by atoms with E-state index in [1.165, 1.54) is 0 Å². The minimum absolute atomic E-state index is 0.237. The van der Waals surface area contributed by atoms with Crippen molar-refractivity contribution in [3.05, 3.63) is 18.3 Å². The quantitative estimate of drug-likeness (QED) is 0.849. The highest BCUT2D eigenvalue weighted by atomic mass is 16.5. The van der Waals surface area contributed by atoms with Crippen LogP contribution in [0.15, 0.2) is 18.3 Å². The molecule has 2 heterocycles. The molecule has 0 saturated carbocycles. The van der Waals surface area contributed by atoms with Crippen LogP contribution in [0.25, 0.3) is 0 Å². The maximum absolute atomic E-state index is 8.97. The molecule has 1 aliphatic heterocycles. The summed E-state index contributed by atoms with van der Waals surface area (Å²) in [6.07, 6.45) is 2.86. The van der Waals surface area contributed by atoms with E-state index >= 15 is 0 Å². The molecule has 0 atom stereocenters. The van der Waals surface area contributed by atoms with Crippen LogP contribution in [0.5, 0.6) is 5.75 Å². The molecule has 0 aromatic carbocycles. The summed E-state index contributed by atoms with van der Waals surface area (Å²) in [5.41, 5.74) is 0. The Labute approximate surface area is 108 Å². The third-order valence-corrected chi connectivity index (χ3v) is 3.29. The summed E-state index contributed by atoms with van der Waals surface area (Å²) < 4.78 is 5.11. The maximum atomic E-state index is 8.97. The first-order chi connectivity index (χ1) is 8.83. The van der Waals surface area contributed by atoms with Crippen LogP contribution in [-0.2, 0) is 0 Å². The van der Waals surface area contributed by atoms with Gasteiger partial charge in [-0.05, 0) is 25.1 Å². The van der Waals surface area contributed by atoms with Crippen LogP contribution in [-0.4, -0.2) is 61.4 Å². The zero-order valence-electron chi connectivity index (χ0n) is 10.9. The second-order valence-electron chi connectivity index (χ2n) is 4.46. The third kappa shape index (κ3) is 3.34. The highest BCUT2D eigenvalue weighted by Crippen LogP contribution is 2.17. The molecule has 2 rings (SSSR count). The van der Waals surface area contributed by atoms with Crippen molar-refractivity contribution in [3.63, 3.8) is 0 Å². The van der Waals surface area contributed by atoms with Crippen molar-refractivity contribution in [2.75, 3.05) is 51.3 Å². The van der Waals surface area contributed by atoms with Crippen LogP contribution >= 0.6 is 0 Å². The summed E-state index contributed by atoms with van der Waals surface area (Å²) in [6, 6.07) is 3.94. The Kier molecular flexibility index (Phi) is 4.78. The number of rotatable bonds is 4. The lowest BCUT2D eigenvalue weighted by atomic mass is 10.3. The van der Waals surface area contributed by atoms with Gasteiger partial charge in [-0.2, -0.15) is 0 Å². The molecule has 0 bridgehead atoms. The first-order valence-corrected chi connectivity index (χ1v) is 6.41. The van der Waals surface area contributed by atoms with E-state index < -0.39 is 0 Å². The summed E-state index contributed by atoms with van der Waals surface area (Å²) in [5.74, 6) is 1.79. The smallest absolute Gasteiger partial charge is 0.137 e. The number of methoxy groups -OCH3 is 1. The largest absolute Gasteiger partial charge is 0.495 e. The lowest BCUT2D eigenvalue weighted by molar-refractivity contribution is 0.204. The van der Waals surface area contributed by atoms with E-state index in [1.54, 1.807) is 13.3 Å². The Morgan fingerprint density at radius 1 is 1.28 bits per heavy atom. The van der Waals surface area contributed by atoms with Gasteiger partial charge in [-0.25, -0.2) is 4.98 Å². The SMILES string of the molecule is COc1ccc(N2CCCN(CCO)CC2)nc1. The molecule has 1 aromatic rings. The van der Waals surface area contributed by atoms with Gasteiger partial charge >= 0.3 is 0 Å². The minimum Gasteiger partial charge on any atom is -0.495 e. The molecule has 1 N–H and O–H groups in total. The zero-order chi connectivity index (χ0) is 12.8. The van der Waals surface area contributed by atoms with Gasteiger partial charge < -0.3 is 14.7 Å². The van der Waals surface area contributed by atoms with E-state index in [0.29, 0.717) is 0 Å². The predicted molar refractivity (Wildman–Crippen MR) is 71.1 cm³/mol. The average molecular weight is 251 g/mol. The Balaban J connectivity index is 1.96. The van der Waals surface area contributed by atoms with Crippen molar-refractivity contribution in [1.82, 2.24) is 9.88 Å². The van der Waals surface area contributed by atoms with E-state index in [0.717, 1.165) is 50.7 Å². The van der Waals surface area contributed by atoms with E-state index in [1.807, 2.05) is 12.1 Å². The van der Waals surface area contributed by atoms with Crippen LogP contribution in [0, 0.1) is 0 Å². The van der Waals surface area contributed by atoms with E-state index in [-0.39, 0.29) is 6.61 Å². The second kappa shape index (κ2) is 6.56. The van der Waals surface area contributed by atoms with Gasteiger partial charge in [-0.3, -0.25) is 4.90 Å². The van der Waals surface area contributed by atoms with Crippen molar-refractivity contribution < 1.29 is 9.84 Å². The molecule has 0 aliphatic carbocycles. The number of aliphatic hydroxyl groups excluding tert-OH is 1. The van der Waals surface area contributed by atoms with Crippen molar-refractivity contribution in [2.45, 2.75) is 6.42 Å². The Bertz CT molecular complexity index is 356. The molecule has 0 spiro atoms. The fourth-order valence-corrected chi connectivity index (χ4v) is 2.25. The number of nitrogens with zero attached hydrogens (tertiary/aromatic N) is 3. The van der Waals surface area contributed by atoms with Crippen LogP contribution in [0.4, 0.5) is 5.82 Å². The molecule has 1 fully saturated rings. The van der Waals surface area contributed by atoms with Crippen LogP contribution < -0.4 is 9.64 Å². The monoisotopic (exact) mass is 251 g/mol. The van der Waals surface area contributed by atoms with Crippen molar-refractivity contribution in [2.24, 2.45) is 0 Å². The van der Waals surface area contributed by atoms with Crippen LogP contribution in [0.3, 0.4) is 0 Å². The average Bonchev–Trinajstić information content (AvgIpc) is 2.65. The Morgan fingerprint density at radius 3 is 2.83 bits per heavy atom. The number of aromatic nitrogens is 1. The van der Waals surface area contributed by atoms with Gasteiger partial charge in [-0.15, -0.1) is 0 Å². The third-order valence-electron chi connectivity index (χ3n) is 3.29. The molecule has 0 radical (unpaired) electrons. The van der Waals surface area contributed by atoms with E-state index in [2.05, 4.69) is 14.8 Å². The second-order valence-corrected chi connectivity index (χ2v) is 4.46. The topological polar surface area (TPSA) is 48.8 Å². The zero-order valence-corrected chi connectivity index (χ0v) is 10.9. The number of ether oxygens (including phenoxy) is 1. The summed E-state index contributed by atoms with van der Waals surface area (Å²) in [5, 5.41) is 8.97. The first-order valence-electron chi connectivity index (χ1n) is 6.41. The Hall–Kier alpha value is -1.33. The molecule has 1 aromatic heterocycles. The summed E-state index contributed by atoms with van der Waals surface area (Å²) in [7, 11) is 1.65. The van der Waals surface area contributed by atoms with Crippen LogP contribution in [0.1, 0.15) is 6.42 Å². The lowest BCUT2D eigenvalue weighted by Crippen LogP contribution is -2.32. The number of β-amino-alcohol motifs (C(OH)–C–C–N with tert-alkyl or cyclic N) is 1. The highest BCUT2D eigenvalue weighted by Gasteiger charge is 2.15. The fourth-order valence-electron chi connectivity index (χ4n) is 2.25. The van der Waals surface area contributed by atoms with Crippen LogP contribution in [0.2, 0.25) is 0 Å². The summed E-state index contributed by atoms with van der Waals surface area (Å²) in [6.45, 7) is 5.01. The minimum atomic E-state index is 0.237. The van der Waals surface area contributed by atoms with Gasteiger partial charge in [0.05, 0.1) is 19.9 Å². The molecular weight excluding hydrogens is 230 g/mol. The van der Waals surface area contributed by atoms with E-state index in [9.17, 15) is 0 Å². The van der Waals surface area contributed by atoms with Crippen molar-refractivity contribution in [3.8, 4) is 5.75 Å². The number of hydrogen-bond acceptors (Lipinski definition) is 5. The molecule has 1 saturated heterocycles. The van der Waals surface area contributed by atoms with Crippen molar-refractivity contribution in [1.29, 1.82) is 0 Å². The molecule has 100 valence electrons. The van der Waals surface area contributed by atoms with Gasteiger partial charge in [0.25, 0.3) is 0 Å². The maximum Gasteiger partial charge on any atom is 0.137 e. The van der Waals surface area contributed by atoms with Crippen molar-refractivity contribution >= 4 is 5.82 Å². The molecule has 0 unspecified atom stereocenters. The number of hydrogen-bond donors (Lipinski definition) is 1. The number of pyridine rings is 1. The summed E-state index contributed by atoms with van der Waals surface area (Å²) in [4.78, 5) is 9.00. The predicted octanol–water partition coefficient (Wildman–Crippen LogP) is 0.595. The molecular formula is C13H21N3O2. The molecule has 5 nitrogen and oxygen atoms in total.